The molecule has 112 valence electrons. The van der Waals surface area contributed by atoms with E-state index in [4.69, 9.17) is 28.9 Å². The fourth-order valence-corrected chi connectivity index (χ4v) is 2.65. The Balaban J connectivity index is 1.97. The number of H-pyrrole nitrogens is 2. The highest BCUT2D eigenvalue weighted by Crippen LogP contribution is 2.37. The number of aromatic nitrogens is 4. The third-order valence-electron chi connectivity index (χ3n) is 2.87. The van der Waals surface area contributed by atoms with E-state index in [-0.39, 0.29) is 11.5 Å². The lowest BCUT2D eigenvalue weighted by Gasteiger charge is -2.10. The van der Waals surface area contributed by atoms with Crippen molar-refractivity contribution >= 4 is 40.8 Å². The van der Waals surface area contributed by atoms with Crippen LogP contribution in [-0.2, 0) is 0 Å². The van der Waals surface area contributed by atoms with Crippen LogP contribution < -0.4 is 16.6 Å². The molecule has 1 aromatic carbocycles. The van der Waals surface area contributed by atoms with Crippen LogP contribution in [0.1, 0.15) is 0 Å². The topological polar surface area (TPSA) is 112 Å². The van der Waals surface area contributed by atoms with E-state index in [1.54, 1.807) is 24.4 Å². The van der Waals surface area contributed by atoms with E-state index < -0.39 is 0 Å². The lowest BCUT2D eigenvalue weighted by molar-refractivity contribution is 1.10. The highest BCUT2D eigenvalue weighted by Gasteiger charge is 2.12. The Morgan fingerprint density at radius 1 is 1.18 bits per heavy atom. The smallest absolute Gasteiger partial charge is 0.248 e. The van der Waals surface area contributed by atoms with Crippen molar-refractivity contribution < 1.29 is 0 Å². The molecule has 0 bridgehead atoms. The Labute approximate surface area is 134 Å². The van der Waals surface area contributed by atoms with Gasteiger partial charge in [0.2, 0.25) is 17.5 Å². The molecule has 7 nitrogen and oxygen atoms in total. The maximum atomic E-state index is 11.1. The molecule has 0 aliphatic carbocycles. The molecule has 0 unspecified atom stereocenters. The van der Waals surface area contributed by atoms with Gasteiger partial charge in [-0.1, -0.05) is 23.2 Å². The zero-order valence-corrected chi connectivity index (χ0v) is 12.5. The van der Waals surface area contributed by atoms with E-state index in [0.29, 0.717) is 32.8 Å². The van der Waals surface area contributed by atoms with Gasteiger partial charge in [-0.2, -0.15) is 4.98 Å². The van der Waals surface area contributed by atoms with Gasteiger partial charge in [0.15, 0.2) is 0 Å². The van der Waals surface area contributed by atoms with E-state index in [0.717, 1.165) is 0 Å². The van der Waals surface area contributed by atoms with Crippen molar-refractivity contribution in [3.05, 3.63) is 50.9 Å². The van der Waals surface area contributed by atoms with Gasteiger partial charge in [0.25, 0.3) is 0 Å². The molecule has 9 heteroatoms. The van der Waals surface area contributed by atoms with E-state index in [1.807, 2.05) is 0 Å². The fourth-order valence-electron chi connectivity index (χ4n) is 1.95. The molecule has 0 aliphatic heterocycles. The summed E-state index contributed by atoms with van der Waals surface area (Å²) in [4.78, 5) is 17.6. The van der Waals surface area contributed by atoms with Crippen molar-refractivity contribution in [2.45, 2.75) is 0 Å². The Hall–Kier alpha value is -2.51. The summed E-state index contributed by atoms with van der Waals surface area (Å²) >= 11 is 12.6. The molecule has 5 N–H and O–H groups in total. The quantitative estimate of drug-likeness (QED) is 0.587. The van der Waals surface area contributed by atoms with Gasteiger partial charge in [-0.25, -0.2) is 5.10 Å². The standard InChI is InChI=1S/C13H10Cl2N6O/c14-8-3-7(18-13-19-12(16)20-21-13)4-9(15)11(8)6-1-2-10(22)17-5-6/h1-5H,(H,17,22)(H4,16,18,19,20,21). The van der Waals surface area contributed by atoms with Crippen LogP contribution in [-0.4, -0.2) is 20.2 Å². The Morgan fingerprint density at radius 2 is 1.91 bits per heavy atom. The van der Waals surface area contributed by atoms with Gasteiger partial charge in [-0.05, 0) is 18.2 Å². The van der Waals surface area contributed by atoms with Crippen LogP contribution in [0.2, 0.25) is 10.0 Å². The number of nitrogen functional groups attached to an aromatic ring is 1. The zero-order chi connectivity index (χ0) is 15.7. The average Bonchev–Trinajstić information content (AvgIpc) is 2.85. The Kier molecular flexibility index (Phi) is 3.74. The van der Waals surface area contributed by atoms with E-state index in [9.17, 15) is 4.79 Å². The predicted molar refractivity (Wildman–Crippen MR) is 86.6 cm³/mol. The number of aromatic amines is 2. The lowest BCUT2D eigenvalue weighted by atomic mass is 10.1. The number of nitrogens with zero attached hydrogens (tertiary/aromatic N) is 2. The minimum atomic E-state index is -0.198. The molecular formula is C13H10Cl2N6O. The first kappa shape index (κ1) is 14.4. The monoisotopic (exact) mass is 336 g/mol. The molecule has 2 heterocycles. The van der Waals surface area contributed by atoms with Crippen LogP contribution in [0.25, 0.3) is 11.1 Å². The minimum Gasteiger partial charge on any atom is -0.368 e. The number of nitrogens with two attached hydrogens (primary N) is 1. The van der Waals surface area contributed by atoms with Gasteiger partial charge in [0.05, 0.1) is 10.0 Å². The van der Waals surface area contributed by atoms with Crippen LogP contribution in [0, 0.1) is 0 Å². The van der Waals surface area contributed by atoms with Gasteiger partial charge in [-0.3, -0.25) is 4.79 Å². The number of anilines is 3. The lowest BCUT2D eigenvalue weighted by Crippen LogP contribution is -2.01. The van der Waals surface area contributed by atoms with Crippen LogP contribution in [0.3, 0.4) is 0 Å². The average molecular weight is 337 g/mol. The second-order valence-electron chi connectivity index (χ2n) is 4.43. The van der Waals surface area contributed by atoms with E-state index >= 15 is 0 Å². The number of pyridine rings is 1. The normalized spacial score (nSPS) is 10.6. The summed E-state index contributed by atoms with van der Waals surface area (Å²) in [5.41, 5.74) is 7.21. The number of benzene rings is 1. The summed E-state index contributed by atoms with van der Waals surface area (Å²) in [6, 6.07) is 6.42. The molecule has 2 aromatic heterocycles. The molecule has 0 radical (unpaired) electrons. The van der Waals surface area contributed by atoms with E-state index in [1.165, 1.54) is 6.07 Å². The van der Waals surface area contributed by atoms with Crippen molar-refractivity contribution in [3.8, 4) is 11.1 Å². The maximum absolute atomic E-state index is 11.1. The molecule has 0 saturated heterocycles. The first-order chi connectivity index (χ1) is 10.5. The van der Waals surface area contributed by atoms with E-state index in [2.05, 4.69) is 25.5 Å². The fraction of sp³-hybridized carbons (Fsp3) is 0. The van der Waals surface area contributed by atoms with Gasteiger partial charge >= 0.3 is 0 Å². The maximum Gasteiger partial charge on any atom is 0.248 e. The van der Waals surface area contributed by atoms with Crippen LogP contribution >= 0.6 is 23.2 Å². The minimum absolute atomic E-state index is 0.198. The van der Waals surface area contributed by atoms with Crippen LogP contribution in [0.15, 0.2) is 35.3 Å². The number of rotatable bonds is 3. The summed E-state index contributed by atoms with van der Waals surface area (Å²) in [7, 11) is 0. The van der Waals surface area contributed by atoms with Crippen molar-refractivity contribution in [1.29, 1.82) is 0 Å². The summed E-state index contributed by atoms with van der Waals surface area (Å²) in [5, 5.41) is 10.2. The Bertz CT molecular complexity index is 845. The summed E-state index contributed by atoms with van der Waals surface area (Å²) < 4.78 is 0. The summed E-state index contributed by atoms with van der Waals surface area (Å²) in [6.07, 6.45) is 1.55. The third kappa shape index (κ3) is 2.90. The Morgan fingerprint density at radius 3 is 2.45 bits per heavy atom. The van der Waals surface area contributed by atoms with Crippen LogP contribution in [0.4, 0.5) is 17.6 Å². The summed E-state index contributed by atoms with van der Waals surface area (Å²) in [5.74, 6) is 0.506. The molecule has 0 aliphatic rings. The number of hydrogen-bond acceptors (Lipinski definition) is 5. The van der Waals surface area contributed by atoms with Crippen LogP contribution in [0.5, 0.6) is 0 Å². The number of nitrogens with one attached hydrogen (secondary N) is 3. The largest absolute Gasteiger partial charge is 0.368 e. The molecule has 22 heavy (non-hydrogen) atoms. The molecule has 0 atom stereocenters. The van der Waals surface area contributed by atoms with Crippen molar-refractivity contribution in [2.75, 3.05) is 11.1 Å². The molecule has 0 amide bonds. The van der Waals surface area contributed by atoms with Gasteiger partial charge in [0, 0.05) is 29.1 Å². The molecule has 3 rings (SSSR count). The number of halogens is 2. The molecule has 0 saturated carbocycles. The first-order valence-electron chi connectivity index (χ1n) is 6.16. The van der Waals surface area contributed by atoms with Gasteiger partial charge in [-0.15, -0.1) is 5.10 Å². The zero-order valence-electron chi connectivity index (χ0n) is 11.0. The molecular weight excluding hydrogens is 327 g/mol. The molecule has 0 fully saturated rings. The highest BCUT2D eigenvalue weighted by molar-refractivity contribution is 6.39. The summed E-state index contributed by atoms with van der Waals surface area (Å²) in [6.45, 7) is 0. The molecule has 3 aromatic rings. The first-order valence-corrected chi connectivity index (χ1v) is 6.91. The van der Waals surface area contributed by atoms with Gasteiger partial charge in [0.1, 0.15) is 0 Å². The predicted octanol–water partition coefficient (Wildman–Crippen LogP) is 2.79. The second kappa shape index (κ2) is 5.70. The van der Waals surface area contributed by atoms with Crippen molar-refractivity contribution in [1.82, 2.24) is 20.2 Å². The highest BCUT2D eigenvalue weighted by atomic mass is 35.5. The number of hydrogen-bond donors (Lipinski definition) is 4. The van der Waals surface area contributed by atoms with Crippen molar-refractivity contribution in [2.24, 2.45) is 0 Å². The third-order valence-corrected chi connectivity index (χ3v) is 3.47. The van der Waals surface area contributed by atoms with Crippen molar-refractivity contribution in [3.63, 3.8) is 0 Å². The second-order valence-corrected chi connectivity index (χ2v) is 5.24. The molecule has 0 spiro atoms. The van der Waals surface area contributed by atoms with Gasteiger partial charge < -0.3 is 16.0 Å². The SMILES string of the molecule is Nc1nc(Nc2cc(Cl)c(-c3ccc(=O)[nH]c3)c(Cl)c2)n[nH]1.